The number of halogens is 1. The number of anilines is 1. The highest BCUT2D eigenvalue weighted by Crippen LogP contribution is 2.28. The quantitative estimate of drug-likeness (QED) is 0.452. The van der Waals surface area contributed by atoms with Gasteiger partial charge in [-0.25, -0.2) is 0 Å². The fourth-order valence-electron chi connectivity index (χ4n) is 3.29. The van der Waals surface area contributed by atoms with Crippen molar-refractivity contribution in [3.8, 4) is 0 Å². The summed E-state index contributed by atoms with van der Waals surface area (Å²) >= 11 is 0. The number of aliphatic imine (C=N–C) groups is 1. The van der Waals surface area contributed by atoms with Gasteiger partial charge >= 0.3 is 0 Å². The van der Waals surface area contributed by atoms with Crippen molar-refractivity contribution in [2.75, 3.05) is 18.5 Å². The molecule has 0 saturated carbocycles. The number of nitrogens with zero attached hydrogens (tertiary/aromatic N) is 1. The second-order valence-electron chi connectivity index (χ2n) is 6.38. The Morgan fingerprint density at radius 2 is 2.14 bits per heavy atom. The Morgan fingerprint density at radius 1 is 1.32 bits per heavy atom. The van der Waals surface area contributed by atoms with Crippen LogP contribution in [0.2, 0.25) is 0 Å². The van der Waals surface area contributed by atoms with E-state index in [1.54, 1.807) is 0 Å². The van der Waals surface area contributed by atoms with Gasteiger partial charge in [0.05, 0.1) is 12.1 Å². The molecule has 3 rings (SSSR count). The highest BCUT2D eigenvalue weighted by atomic mass is 127. The Morgan fingerprint density at radius 3 is 2.91 bits per heavy atom. The summed E-state index contributed by atoms with van der Waals surface area (Å²) < 4.78 is 5.74. The molecule has 1 aliphatic heterocycles. The van der Waals surface area contributed by atoms with Crippen molar-refractivity contribution in [1.29, 1.82) is 0 Å². The molecule has 0 bridgehead atoms. The Labute approximate surface area is 149 Å². The molecule has 1 aliphatic carbocycles. The van der Waals surface area contributed by atoms with Gasteiger partial charge in [0.2, 0.25) is 0 Å². The van der Waals surface area contributed by atoms with Crippen molar-refractivity contribution >= 4 is 35.6 Å². The maximum Gasteiger partial charge on any atom is 0.193 e. The largest absolute Gasteiger partial charge is 0.373 e. The van der Waals surface area contributed by atoms with Gasteiger partial charge in [0, 0.05) is 12.3 Å². The maximum atomic E-state index is 6.06. The van der Waals surface area contributed by atoms with Crippen molar-refractivity contribution < 1.29 is 4.74 Å². The molecular weight excluding hydrogens is 389 g/mol. The standard InChI is InChI=1S/C17H25N3O.HI/c1-17(10-5-11-21-17)12-19-16(18)20-15-9-4-7-13-6-2-3-8-14(13)15;/h4,7,9H,2-3,5-6,8,10-12H2,1H3,(H3,18,19,20);1H. The highest BCUT2D eigenvalue weighted by Gasteiger charge is 2.29. The van der Waals surface area contributed by atoms with Crippen molar-refractivity contribution in [3.63, 3.8) is 0 Å². The predicted octanol–water partition coefficient (Wildman–Crippen LogP) is 3.48. The molecule has 0 aromatic heterocycles. The lowest BCUT2D eigenvalue weighted by Gasteiger charge is -2.22. The van der Waals surface area contributed by atoms with Crippen LogP contribution in [0.15, 0.2) is 23.2 Å². The van der Waals surface area contributed by atoms with E-state index in [0.29, 0.717) is 12.5 Å². The third kappa shape index (κ3) is 4.13. The SMILES string of the molecule is CC1(CN=C(N)Nc2cccc3c2CCCC3)CCCO1.I. The van der Waals surface area contributed by atoms with Crippen LogP contribution in [0.5, 0.6) is 0 Å². The van der Waals surface area contributed by atoms with Crippen LogP contribution in [0.4, 0.5) is 5.69 Å². The topological polar surface area (TPSA) is 59.6 Å². The minimum Gasteiger partial charge on any atom is -0.373 e. The second-order valence-corrected chi connectivity index (χ2v) is 6.38. The number of nitrogens with one attached hydrogen (secondary N) is 1. The monoisotopic (exact) mass is 415 g/mol. The minimum atomic E-state index is -0.136. The van der Waals surface area contributed by atoms with Gasteiger partial charge in [0.1, 0.15) is 0 Å². The number of nitrogens with two attached hydrogens (primary N) is 1. The molecule has 2 aliphatic rings. The van der Waals surface area contributed by atoms with Crippen molar-refractivity contribution in [2.24, 2.45) is 10.7 Å². The Hall–Kier alpha value is -0.820. The van der Waals surface area contributed by atoms with Crippen molar-refractivity contribution in [2.45, 2.75) is 51.0 Å². The summed E-state index contributed by atoms with van der Waals surface area (Å²) in [5.41, 5.74) is 9.90. The molecule has 1 fully saturated rings. The molecule has 0 radical (unpaired) electrons. The number of fused-ring (bicyclic) bond motifs is 1. The van der Waals surface area contributed by atoms with Crippen molar-refractivity contribution in [1.82, 2.24) is 0 Å². The number of rotatable bonds is 3. The van der Waals surface area contributed by atoms with E-state index >= 15 is 0 Å². The average Bonchev–Trinajstić information content (AvgIpc) is 2.93. The van der Waals surface area contributed by atoms with Gasteiger partial charge in [-0.3, -0.25) is 4.99 Å². The molecular formula is C17H26IN3O. The van der Waals surface area contributed by atoms with E-state index in [-0.39, 0.29) is 29.6 Å². The molecule has 22 heavy (non-hydrogen) atoms. The molecule has 5 heteroatoms. The average molecular weight is 415 g/mol. The minimum absolute atomic E-state index is 0. The van der Waals surface area contributed by atoms with E-state index in [1.165, 1.54) is 30.4 Å². The van der Waals surface area contributed by atoms with Gasteiger partial charge < -0.3 is 15.8 Å². The van der Waals surface area contributed by atoms with Gasteiger partial charge in [-0.15, -0.1) is 24.0 Å². The first kappa shape index (κ1) is 17.5. The zero-order valence-electron chi connectivity index (χ0n) is 13.2. The molecule has 1 saturated heterocycles. The summed E-state index contributed by atoms with van der Waals surface area (Å²) in [5.74, 6) is 0.491. The summed E-state index contributed by atoms with van der Waals surface area (Å²) in [6.45, 7) is 3.58. The number of hydrogen-bond donors (Lipinski definition) is 2. The second kappa shape index (κ2) is 7.64. The fourth-order valence-corrected chi connectivity index (χ4v) is 3.29. The van der Waals surface area contributed by atoms with Crippen LogP contribution >= 0.6 is 24.0 Å². The van der Waals surface area contributed by atoms with E-state index in [0.717, 1.165) is 31.6 Å². The molecule has 1 atom stereocenters. The smallest absolute Gasteiger partial charge is 0.193 e. The van der Waals surface area contributed by atoms with E-state index in [9.17, 15) is 0 Å². The van der Waals surface area contributed by atoms with E-state index in [1.807, 2.05) is 0 Å². The lowest BCUT2D eigenvalue weighted by atomic mass is 9.90. The number of benzene rings is 1. The molecule has 122 valence electrons. The predicted molar refractivity (Wildman–Crippen MR) is 102 cm³/mol. The summed E-state index contributed by atoms with van der Waals surface area (Å²) in [5, 5.41) is 3.28. The third-order valence-electron chi connectivity index (χ3n) is 4.54. The molecule has 1 unspecified atom stereocenters. The third-order valence-corrected chi connectivity index (χ3v) is 4.54. The van der Waals surface area contributed by atoms with E-state index < -0.39 is 0 Å². The first-order valence-electron chi connectivity index (χ1n) is 7.98. The number of aryl methyl sites for hydroxylation is 1. The van der Waals surface area contributed by atoms with Crippen LogP contribution in [0, 0.1) is 0 Å². The summed E-state index contributed by atoms with van der Waals surface area (Å²) in [6.07, 6.45) is 7.03. The first-order valence-corrected chi connectivity index (χ1v) is 7.98. The summed E-state index contributed by atoms with van der Waals surface area (Å²) in [6, 6.07) is 6.42. The molecule has 0 amide bonds. The van der Waals surface area contributed by atoms with Gasteiger partial charge in [-0.2, -0.15) is 0 Å². The van der Waals surface area contributed by atoms with Crippen LogP contribution in [-0.2, 0) is 17.6 Å². The zero-order valence-corrected chi connectivity index (χ0v) is 15.6. The van der Waals surface area contributed by atoms with Gasteiger partial charge in [0.15, 0.2) is 5.96 Å². The lowest BCUT2D eigenvalue weighted by Crippen LogP contribution is -2.31. The molecule has 3 N–H and O–H groups in total. The lowest BCUT2D eigenvalue weighted by molar-refractivity contribution is 0.0284. The molecule has 1 aromatic carbocycles. The van der Waals surface area contributed by atoms with E-state index in [4.69, 9.17) is 10.5 Å². The maximum absolute atomic E-state index is 6.06. The van der Waals surface area contributed by atoms with Crippen LogP contribution in [0.1, 0.15) is 43.7 Å². The van der Waals surface area contributed by atoms with E-state index in [2.05, 4.69) is 35.4 Å². The van der Waals surface area contributed by atoms with Crippen LogP contribution < -0.4 is 11.1 Å². The van der Waals surface area contributed by atoms with Gasteiger partial charge in [0.25, 0.3) is 0 Å². The van der Waals surface area contributed by atoms with Gasteiger partial charge in [-0.05, 0) is 62.6 Å². The van der Waals surface area contributed by atoms with Crippen LogP contribution in [0.25, 0.3) is 0 Å². The Balaban J connectivity index is 0.00000176. The Kier molecular flexibility index (Phi) is 6.09. The zero-order chi connectivity index (χ0) is 14.7. The van der Waals surface area contributed by atoms with Gasteiger partial charge in [-0.1, -0.05) is 12.1 Å². The van der Waals surface area contributed by atoms with Crippen molar-refractivity contribution in [3.05, 3.63) is 29.3 Å². The molecule has 1 aromatic rings. The van der Waals surface area contributed by atoms with Crippen LogP contribution in [0.3, 0.4) is 0 Å². The Bertz CT molecular complexity index is 539. The summed E-state index contributed by atoms with van der Waals surface area (Å²) in [4.78, 5) is 4.48. The first-order chi connectivity index (χ1) is 10.2. The number of guanidine groups is 1. The number of ether oxygens (including phenoxy) is 1. The summed E-state index contributed by atoms with van der Waals surface area (Å²) in [7, 11) is 0. The molecule has 4 nitrogen and oxygen atoms in total. The highest BCUT2D eigenvalue weighted by molar-refractivity contribution is 14.0. The normalized spacial score (nSPS) is 24.5. The van der Waals surface area contributed by atoms with Crippen LogP contribution in [-0.4, -0.2) is 24.7 Å². The fraction of sp³-hybridized carbons (Fsp3) is 0.588. The molecule has 0 spiro atoms. The number of hydrogen-bond acceptors (Lipinski definition) is 2. The molecule has 1 heterocycles.